The van der Waals surface area contributed by atoms with Gasteiger partial charge in [-0.2, -0.15) is 0 Å². The van der Waals surface area contributed by atoms with Gasteiger partial charge in [-0.3, -0.25) is 0 Å². The molecule has 0 spiro atoms. The lowest BCUT2D eigenvalue weighted by Gasteiger charge is -2.05. The molecule has 12 heavy (non-hydrogen) atoms. The van der Waals surface area contributed by atoms with Crippen LogP contribution in [0.5, 0.6) is 5.75 Å². The number of hydrogen-bond acceptors (Lipinski definition) is 1. The highest BCUT2D eigenvalue weighted by atomic mass is 35.5. The first-order valence-corrected chi connectivity index (χ1v) is 4.49. The molecular weight excluding hydrogens is 195 g/mol. The van der Waals surface area contributed by atoms with Gasteiger partial charge in [-0.1, -0.05) is 30.1 Å². The third kappa shape index (κ3) is 2.58. The van der Waals surface area contributed by atoms with Crippen molar-refractivity contribution < 1.29 is 4.74 Å². The summed E-state index contributed by atoms with van der Waals surface area (Å²) in [6.45, 7) is 2.69. The molecule has 1 rings (SSSR count). The number of ether oxygens (including phenoxy) is 1. The molecule has 0 aliphatic rings. The number of halogens is 2. The molecule has 0 aliphatic heterocycles. The summed E-state index contributed by atoms with van der Waals surface area (Å²) < 4.78 is 5.33. The van der Waals surface area contributed by atoms with Crippen molar-refractivity contribution in [3.8, 4) is 5.75 Å². The van der Waals surface area contributed by atoms with Gasteiger partial charge in [-0.15, -0.1) is 0 Å². The van der Waals surface area contributed by atoms with E-state index in [9.17, 15) is 0 Å². The molecule has 0 amide bonds. The van der Waals surface area contributed by atoms with Crippen molar-refractivity contribution in [2.45, 2.75) is 13.3 Å². The van der Waals surface area contributed by atoms with E-state index in [-0.39, 0.29) is 0 Å². The van der Waals surface area contributed by atoms with Gasteiger partial charge in [0.05, 0.1) is 16.7 Å². The molecule has 1 aromatic rings. The van der Waals surface area contributed by atoms with Crippen LogP contribution in [0, 0.1) is 6.07 Å². The van der Waals surface area contributed by atoms with E-state index in [1.165, 1.54) is 0 Å². The van der Waals surface area contributed by atoms with E-state index in [0.717, 1.165) is 6.42 Å². The fourth-order valence-corrected chi connectivity index (χ4v) is 1.07. The van der Waals surface area contributed by atoms with Crippen molar-refractivity contribution in [2.75, 3.05) is 6.61 Å². The summed E-state index contributed by atoms with van der Waals surface area (Å²) in [5.41, 5.74) is 0. The second-order valence-electron chi connectivity index (χ2n) is 2.34. The largest absolute Gasteiger partial charge is 0.492 e. The Morgan fingerprint density at radius 2 is 2.25 bits per heavy atom. The Morgan fingerprint density at radius 1 is 1.50 bits per heavy atom. The third-order valence-corrected chi connectivity index (χ3v) is 1.81. The topological polar surface area (TPSA) is 9.23 Å². The molecule has 0 atom stereocenters. The van der Waals surface area contributed by atoms with Crippen LogP contribution >= 0.6 is 23.2 Å². The summed E-state index contributed by atoms with van der Waals surface area (Å²) >= 11 is 11.5. The van der Waals surface area contributed by atoms with E-state index < -0.39 is 0 Å². The van der Waals surface area contributed by atoms with Gasteiger partial charge in [0.2, 0.25) is 0 Å². The lowest BCUT2D eigenvalue weighted by molar-refractivity contribution is 0.317. The second kappa shape index (κ2) is 4.58. The molecule has 0 fully saturated rings. The minimum absolute atomic E-state index is 0.519. The molecule has 0 saturated carbocycles. The van der Waals surface area contributed by atoms with Crippen LogP contribution < -0.4 is 4.74 Å². The molecule has 3 heteroatoms. The molecule has 0 heterocycles. The zero-order chi connectivity index (χ0) is 8.97. The van der Waals surface area contributed by atoms with Gasteiger partial charge >= 0.3 is 0 Å². The Labute approximate surface area is 82.2 Å². The molecule has 0 saturated heterocycles. The summed E-state index contributed by atoms with van der Waals surface area (Å²) in [6, 6.07) is 6.04. The maximum Gasteiger partial charge on any atom is 0.139 e. The van der Waals surface area contributed by atoms with Gasteiger partial charge in [0, 0.05) is 12.1 Å². The average molecular weight is 204 g/mol. The number of hydrogen-bond donors (Lipinski definition) is 0. The monoisotopic (exact) mass is 203 g/mol. The van der Waals surface area contributed by atoms with Crippen LogP contribution in [-0.4, -0.2) is 6.61 Å². The highest BCUT2D eigenvalue weighted by Gasteiger charge is 2.01. The van der Waals surface area contributed by atoms with E-state index in [2.05, 4.69) is 6.07 Å². The highest BCUT2D eigenvalue weighted by molar-refractivity contribution is 6.34. The van der Waals surface area contributed by atoms with Crippen molar-refractivity contribution in [2.24, 2.45) is 0 Å². The summed E-state index contributed by atoms with van der Waals surface area (Å²) in [5, 5.41) is 1.07. The van der Waals surface area contributed by atoms with Crippen molar-refractivity contribution in [1.82, 2.24) is 0 Å². The maximum absolute atomic E-state index is 5.82. The van der Waals surface area contributed by atoms with Gasteiger partial charge in [-0.25, -0.2) is 0 Å². The van der Waals surface area contributed by atoms with Gasteiger partial charge < -0.3 is 4.74 Å². The predicted molar refractivity (Wildman–Crippen MR) is 51.1 cm³/mol. The minimum Gasteiger partial charge on any atom is -0.492 e. The third-order valence-electron chi connectivity index (χ3n) is 1.29. The molecule has 0 aromatic heterocycles. The van der Waals surface area contributed by atoms with Crippen LogP contribution in [-0.2, 0) is 0 Å². The van der Waals surface area contributed by atoms with E-state index in [1.807, 2.05) is 6.92 Å². The van der Waals surface area contributed by atoms with Crippen molar-refractivity contribution in [3.05, 3.63) is 28.2 Å². The zero-order valence-corrected chi connectivity index (χ0v) is 8.24. The quantitative estimate of drug-likeness (QED) is 0.730. The molecule has 0 unspecified atom stereocenters. The molecular formula is C9H9Cl2O. The fraction of sp³-hybridized carbons (Fsp3) is 0.333. The molecule has 1 aromatic carbocycles. The fourth-order valence-electron chi connectivity index (χ4n) is 0.752. The molecule has 65 valence electrons. The maximum atomic E-state index is 5.82. The predicted octanol–water partition coefficient (Wildman–Crippen LogP) is 3.58. The van der Waals surface area contributed by atoms with E-state index in [1.54, 1.807) is 12.1 Å². The van der Waals surface area contributed by atoms with E-state index >= 15 is 0 Å². The zero-order valence-electron chi connectivity index (χ0n) is 6.73. The van der Waals surface area contributed by atoms with Crippen LogP contribution in [0.4, 0.5) is 0 Å². The normalized spacial score (nSPS) is 9.92. The van der Waals surface area contributed by atoms with Gasteiger partial charge in [-0.05, 0) is 12.5 Å². The van der Waals surface area contributed by atoms with E-state index in [4.69, 9.17) is 27.9 Å². The van der Waals surface area contributed by atoms with Crippen molar-refractivity contribution >= 4 is 23.2 Å². The minimum atomic E-state index is 0.519. The molecule has 1 nitrogen and oxygen atoms in total. The van der Waals surface area contributed by atoms with Crippen LogP contribution in [0.25, 0.3) is 0 Å². The summed E-state index contributed by atoms with van der Waals surface area (Å²) in [6.07, 6.45) is 0.951. The lowest BCUT2D eigenvalue weighted by atomic mass is 10.3. The summed E-state index contributed by atoms with van der Waals surface area (Å²) in [7, 11) is 0. The van der Waals surface area contributed by atoms with Gasteiger partial charge in [0.1, 0.15) is 5.75 Å². The van der Waals surface area contributed by atoms with Gasteiger partial charge in [0.25, 0.3) is 0 Å². The van der Waals surface area contributed by atoms with E-state index in [0.29, 0.717) is 22.4 Å². The standard InChI is InChI=1S/C9H9Cl2O/c1-2-5-12-9-6-7(10)3-4-8(9)11/h4,6H,2,5H2,1H3. The summed E-state index contributed by atoms with van der Waals surface area (Å²) in [4.78, 5) is 0. The smallest absolute Gasteiger partial charge is 0.139 e. The Kier molecular flexibility index (Phi) is 3.70. The van der Waals surface area contributed by atoms with Gasteiger partial charge in [0.15, 0.2) is 0 Å². The number of benzene rings is 1. The Hall–Kier alpha value is -0.400. The molecule has 0 aliphatic carbocycles. The Bertz CT molecular complexity index is 261. The summed E-state index contributed by atoms with van der Waals surface area (Å²) in [5.74, 6) is 0.627. The molecule has 0 N–H and O–H groups in total. The Morgan fingerprint density at radius 3 is 2.92 bits per heavy atom. The van der Waals surface area contributed by atoms with Crippen LogP contribution in [0.15, 0.2) is 12.1 Å². The van der Waals surface area contributed by atoms with Crippen LogP contribution in [0.2, 0.25) is 10.0 Å². The first-order chi connectivity index (χ1) is 5.74. The van der Waals surface area contributed by atoms with Crippen LogP contribution in [0.3, 0.4) is 0 Å². The molecule has 0 bridgehead atoms. The first-order valence-electron chi connectivity index (χ1n) is 3.73. The van der Waals surface area contributed by atoms with Crippen LogP contribution in [0.1, 0.15) is 13.3 Å². The van der Waals surface area contributed by atoms with Crippen molar-refractivity contribution in [1.29, 1.82) is 0 Å². The molecule has 1 radical (unpaired) electrons. The first kappa shape index (κ1) is 9.69. The highest BCUT2D eigenvalue weighted by Crippen LogP contribution is 2.27. The van der Waals surface area contributed by atoms with Crippen molar-refractivity contribution in [3.63, 3.8) is 0 Å². The SMILES string of the molecule is CCCOc1cc(Cl)[c]cc1Cl. The second-order valence-corrected chi connectivity index (χ2v) is 3.16. The average Bonchev–Trinajstić information content (AvgIpc) is 2.07. The Balaban J connectivity index is 2.75. The number of rotatable bonds is 3. The lowest BCUT2D eigenvalue weighted by Crippen LogP contribution is -1.95.